The Bertz CT molecular complexity index is 463. The van der Waals surface area contributed by atoms with Gasteiger partial charge in [-0.3, -0.25) is 4.79 Å². The molecule has 1 saturated heterocycles. The predicted molar refractivity (Wildman–Crippen MR) is 94.3 cm³/mol. The zero-order valence-corrected chi connectivity index (χ0v) is 14.4. The molecule has 1 amide bonds. The van der Waals surface area contributed by atoms with Crippen molar-refractivity contribution < 1.29 is 4.79 Å². The average molecular weight is 355 g/mol. The van der Waals surface area contributed by atoms with E-state index in [0.717, 1.165) is 24.5 Å². The van der Waals surface area contributed by atoms with Gasteiger partial charge < -0.3 is 16.0 Å². The normalized spacial score (nSPS) is 15.5. The minimum Gasteiger partial charge on any atom is -0.370 e. The molecule has 3 N–H and O–H groups in total. The number of piperidine rings is 1. The Morgan fingerprint density at radius 3 is 2.48 bits per heavy atom. The lowest BCUT2D eigenvalue weighted by Gasteiger charge is -2.30. The van der Waals surface area contributed by atoms with E-state index in [4.69, 9.17) is 17.3 Å². The average Bonchev–Trinajstić information content (AvgIpc) is 2.39. The fraction of sp³-hybridized carbons (Fsp3) is 0.500. The van der Waals surface area contributed by atoms with Crippen LogP contribution in [0.3, 0.4) is 0 Å². The van der Waals surface area contributed by atoms with Crippen molar-refractivity contribution in [1.29, 1.82) is 0 Å². The summed E-state index contributed by atoms with van der Waals surface area (Å²) in [5.74, 6) is -0.194. The first-order chi connectivity index (χ1) is 9.08. The lowest BCUT2D eigenvalue weighted by Crippen LogP contribution is -2.34. The number of hydrogen-bond acceptors (Lipinski definition) is 3. The Kier molecular flexibility index (Phi) is 9.06. The van der Waals surface area contributed by atoms with Crippen LogP contribution in [0.1, 0.15) is 26.2 Å². The zero-order valence-electron chi connectivity index (χ0n) is 12.0. The molecule has 1 unspecified atom stereocenters. The van der Waals surface area contributed by atoms with Gasteiger partial charge in [0.2, 0.25) is 5.91 Å². The van der Waals surface area contributed by atoms with Gasteiger partial charge >= 0.3 is 0 Å². The highest BCUT2D eigenvalue weighted by Gasteiger charge is 2.17. The lowest BCUT2D eigenvalue weighted by atomic mass is 10.1. The maximum Gasteiger partial charge on any atom is 0.241 e. The van der Waals surface area contributed by atoms with Gasteiger partial charge in [0.15, 0.2) is 0 Å². The summed E-state index contributed by atoms with van der Waals surface area (Å²) in [5, 5.41) is 3.47. The lowest BCUT2D eigenvalue weighted by molar-refractivity contribution is -0.117. The maximum atomic E-state index is 11.8. The Labute approximate surface area is 143 Å². The highest BCUT2D eigenvalue weighted by Crippen LogP contribution is 2.31. The quantitative estimate of drug-likeness (QED) is 0.874. The molecule has 1 aliphatic rings. The number of nitrogens with zero attached hydrogens (tertiary/aromatic N) is 1. The molecule has 1 aliphatic heterocycles. The smallest absolute Gasteiger partial charge is 0.241 e. The standard InChI is InChI=1S/C14H20ClN3O.2ClH/c1-10(16)14(19)17-12-9-11(15)5-6-13(12)18-7-3-2-4-8-18;;/h5-6,9-10H,2-4,7-8,16H2,1H3,(H,17,19);2*1H. The number of anilines is 2. The Morgan fingerprint density at radius 1 is 1.29 bits per heavy atom. The van der Waals surface area contributed by atoms with Gasteiger partial charge in [-0.1, -0.05) is 11.6 Å². The SMILES string of the molecule is CC(N)C(=O)Nc1cc(Cl)ccc1N1CCCCC1.Cl.Cl. The van der Waals surface area contributed by atoms with Crippen molar-refractivity contribution in [1.82, 2.24) is 0 Å². The zero-order chi connectivity index (χ0) is 13.8. The molecule has 1 aromatic rings. The molecule has 0 spiro atoms. The van der Waals surface area contributed by atoms with Gasteiger partial charge in [-0.05, 0) is 44.4 Å². The molecular formula is C14H22Cl3N3O. The first-order valence-corrected chi connectivity index (χ1v) is 7.06. The molecule has 120 valence electrons. The monoisotopic (exact) mass is 353 g/mol. The van der Waals surface area contributed by atoms with Crippen molar-refractivity contribution in [3.8, 4) is 0 Å². The van der Waals surface area contributed by atoms with Crippen LogP contribution in [-0.2, 0) is 4.79 Å². The number of carbonyl (C=O) groups excluding carboxylic acids is 1. The summed E-state index contributed by atoms with van der Waals surface area (Å²) in [6.45, 7) is 3.70. The van der Waals surface area contributed by atoms with Gasteiger partial charge in [0.25, 0.3) is 0 Å². The van der Waals surface area contributed by atoms with Gasteiger partial charge in [-0.25, -0.2) is 0 Å². The van der Waals surface area contributed by atoms with Crippen LogP contribution < -0.4 is 16.0 Å². The van der Waals surface area contributed by atoms with E-state index in [2.05, 4.69) is 10.2 Å². The molecule has 1 aromatic carbocycles. The van der Waals surface area contributed by atoms with Crippen molar-refractivity contribution >= 4 is 53.7 Å². The van der Waals surface area contributed by atoms with Crippen LogP contribution in [0.15, 0.2) is 18.2 Å². The van der Waals surface area contributed by atoms with Crippen molar-refractivity contribution in [2.24, 2.45) is 5.73 Å². The third-order valence-electron chi connectivity index (χ3n) is 3.33. The highest BCUT2D eigenvalue weighted by atomic mass is 35.5. The van der Waals surface area contributed by atoms with E-state index < -0.39 is 6.04 Å². The minimum atomic E-state index is -0.534. The summed E-state index contributed by atoms with van der Waals surface area (Å²) in [7, 11) is 0. The van der Waals surface area contributed by atoms with Crippen molar-refractivity contribution in [3.05, 3.63) is 23.2 Å². The number of carbonyl (C=O) groups is 1. The Morgan fingerprint density at radius 2 is 1.90 bits per heavy atom. The molecule has 0 aliphatic carbocycles. The molecule has 0 saturated carbocycles. The van der Waals surface area contributed by atoms with Gasteiger partial charge in [0.1, 0.15) is 0 Å². The van der Waals surface area contributed by atoms with Crippen LogP contribution in [0, 0.1) is 0 Å². The van der Waals surface area contributed by atoms with Gasteiger partial charge in [0.05, 0.1) is 17.4 Å². The van der Waals surface area contributed by atoms with E-state index in [1.807, 2.05) is 12.1 Å². The number of nitrogens with two attached hydrogens (primary N) is 1. The topological polar surface area (TPSA) is 58.4 Å². The van der Waals surface area contributed by atoms with Crippen molar-refractivity contribution in [3.63, 3.8) is 0 Å². The van der Waals surface area contributed by atoms with Crippen LogP contribution in [0.4, 0.5) is 11.4 Å². The van der Waals surface area contributed by atoms with E-state index >= 15 is 0 Å². The summed E-state index contributed by atoms with van der Waals surface area (Å²) in [5.41, 5.74) is 7.36. The summed E-state index contributed by atoms with van der Waals surface area (Å²) in [6, 6.07) is 5.07. The second kappa shape index (κ2) is 9.36. The van der Waals surface area contributed by atoms with Crippen LogP contribution in [0.2, 0.25) is 5.02 Å². The van der Waals surface area contributed by atoms with E-state index in [9.17, 15) is 4.79 Å². The first-order valence-electron chi connectivity index (χ1n) is 6.69. The second-order valence-corrected chi connectivity index (χ2v) is 5.42. The predicted octanol–water partition coefficient (Wildman–Crippen LogP) is 3.46. The van der Waals surface area contributed by atoms with Gasteiger partial charge in [-0.2, -0.15) is 0 Å². The first kappa shape index (κ1) is 20.3. The largest absolute Gasteiger partial charge is 0.370 e. The molecule has 2 rings (SSSR count). The van der Waals surface area contributed by atoms with E-state index in [-0.39, 0.29) is 30.7 Å². The summed E-state index contributed by atoms with van der Waals surface area (Å²) in [6.07, 6.45) is 3.64. The number of halogens is 3. The van der Waals surface area contributed by atoms with E-state index in [1.54, 1.807) is 13.0 Å². The third kappa shape index (κ3) is 5.55. The Hall–Kier alpha value is -0.680. The maximum absolute atomic E-state index is 11.8. The fourth-order valence-corrected chi connectivity index (χ4v) is 2.44. The van der Waals surface area contributed by atoms with Crippen LogP contribution in [-0.4, -0.2) is 25.0 Å². The van der Waals surface area contributed by atoms with Gasteiger partial charge in [0, 0.05) is 18.1 Å². The fourth-order valence-electron chi connectivity index (χ4n) is 2.27. The number of amides is 1. The molecular weight excluding hydrogens is 333 g/mol. The molecule has 4 nitrogen and oxygen atoms in total. The molecule has 0 aromatic heterocycles. The molecule has 21 heavy (non-hydrogen) atoms. The number of benzene rings is 1. The van der Waals surface area contributed by atoms with Crippen molar-refractivity contribution in [2.75, 3.05) is 23.3 Å². The van der Waals surface area contributed by atoms with E-state index in [1.165, 1.54) is 19.3 Å². The van der Waals surface area contributed by atoms with Crippen molar-refractivity contribution in [2.45, 2.75) is 32.2 Å². The molecule has 7 heteroatoms. The minimum absolute atomic E-state index is 0. The van der Waals surface area contributed by atoms with E-state index in [0.29, 0.717) is 5.02 Å². The Balaban J connectivity index is 0.00000200. The highest BCUT2D eigenvalue weighted by molar-refractivity contribution is 6.31. The molecule has 1 heterocycles. The molecule has 0 radical (unpaired) electrons. The summed E-state index contributed by atoms with van der Waals surface area (Å²) >= 11 is 6.02. The number of rotatable bonds is 3. The summed E-state index contributed by atoms with van der Waals surface area (Å²) in [4.78, 5) is 14.0. The molecule has 0 bridgehead atoms. The van der Waals surface area contributed by atoms with Gasteiger partial charge in [-0.15, -0.1) is 24.8 Å². The van der Waals surface area contributed by atoms with Crippen LogP contribution in [0.5, 0.6) is 0 Å². The van der Waals surface area contributed by atoms with Crippen LogP contribution in [0.25, 0.3) is 0 Å². The third-order valence-corrected chi connectivity index (χ3v) is 3.56. The van der Waals surface area contributed by atoms with Crippen LogP contribution >= 0.6 is 36.4 Å². The second-order valence-electron chi connectivity index (χ2n) is 4.99. The number of nitrogens with one attached hydrogen (secondary N) is 1. The molecule has 1 fully saturated rings. The summed E-state index contributed by atoms with van der Waals surface area (Å²) < 4.78 is 0. The molecule has 1 atom stereocenters. The number of hydrogen-bond donors (Lipinski definition) is 2.